The van der Waals surface area contributed by atoms with Crippen molar-refractivity contribution in [2.45, 2.75) is 19.9 Å². The number of nitrogens with one attached hydrogen (secondary N) is 2. The molecule has 0 saturated carbocycles. The van der Waals surface area contributed by atoms with Gasteiger partial charge in [0.1, 0.15) is 0 Å². The van der Waals surface area contributed by atoms with Crippen molar-refractivity contribution in [3.05, 3.63) is 34.3 Å². The molecule has 0 bridgehead atoms. The van der Waals surface area contributed by atoms with Gasteiger partial charge >= 0.3 is 5.76 Å². The maximum atomic E-state index is 11.2. The average molecular weight is 263 g/mol. The van der Waals surface area contributed by atoms with E-state index in [4.69, 9.17) is 10.2 Å². The SMILES string of the molecule is CNCC(C(C)C)C(N)c1ccc2[nH]c(=O)oc2c1. The Hall–Kier alpha value is -1.59. The summed E-state index contributed by atoms with van der Waals surface area (Å²) in [6.07, 6.45) is 0. The zero-order valence-corrected chi connectivity index (χ0v) is 11.6. The largest absolute Gasteiger partial charge is 0.417 e. The maximum absolute atomic E-state index is 11.2. The monoisotopic (exact) mass is 263 g/mol. The van der Waals surface area contributed by atoms with Crippen LogP contribution in [0.25, 0.3) is 11.1 Å². The van der Waals surface area contributed by atoms with Gasteiger partial charge in [0.25, 0.3) is 0 Å². The van der Waals surface area contributed by atoms with E-state index in [1.807, 2.05) is 25.2 Å². The molecule has 0 fully saturated rings. The summed E-state index contributed by atoms with van der Waals surface area (Å²) in [5.74, 6) is 0.362. The fraction of sp³-hybridized carbons (Fsp3) is 0.500. The van der Waals surface area contributed by atoms with Gasteiger partial charge in [0.2, 0.25) is 0 Å². The van der Waals surface area contributed by atoms with E-state index in [1.54, 1.807) is 0 Å². The van der Waals surface area contributed by atoms with Gasteiger partial charge in [-0.2, -0.15) is 0 Å². The van der Waals surface area contributed by atoms with Crippen LogP contribution in [0.2, 0.25) is 0 Å². The number of hydrogen-bond donors (Lipinski definition) is 3. The standard InChI is InChI=1S/C14H21N3O2/c1-8(2)10(7-16-3)13(15)9-4-5-11-12(6-9)19-14(18)17-11/h4-6,8,10,13,16H,7,15H2,1-3H3,(H,17,18). The highest BCUT2D eigenvalue weighted by Crippen LogP contribution is 2.27. The van der Waals surface area contributed by atoms with Crippen molar-refractivity contribution in [2.24, 2.45) is 17.6 Å². The van der Waals surface area contributed by atoms with E-state index in [1.165, 1.54) is 0 Å². The van der Waals surface area contributed by atoms with Crippen LogP contribution in [0.1, 0.15) is 25.5 Å². The summed E-state index contributed by atoms with van der Waals surface area (Å²) in [7, 11) is 1.93. The first kappa shape index (κ1) is 13.8. The summed E-state index contributed by atoms with van der Waals surface area (Å²) in [6.45, 7) is 5.18. The first-order valence-electron chi connectivity index (χ1n) is 6.56. The number of rotatable bonds is 5. The van der Waals surface area contributed by atoms with Crippen LogP contribution in [0.5, 0.6) is 0 Å². The van der Waals surface area contributed by atoms with Crippen LogP contribution >= 0.6 is 0 Å². The van der Waals surface area contributed by atoms with Gasteiger partial charge in [0.15, 0.2) is 5.58 Å². The van der Waals surface area contributed by atoms with Crippen LogP contribution in [0.4, 0.5) is 0 Å². The second-order valence-electron chi connectivity index (χ2n) is 5.26. The first-order chi connectivity index (χ1) is 9.02. The molecule has 0 saturated heterocycles. The molecule has 0 amide bonds. The molecule has 0 aliphatic heterocycles. The molecule has 2 rings (SSSR count). The number of H-pyrrole nitrogens is 1. The fourth-order valence-electron chi connectivity index (χ4n) is 2.43. The number of nitrogens with two attached hydrogens (primary N) is 1. The van der Waals surface area contributed by atoms with Crippen LogP contribution in [0.3, 0.4) is 0 Å². The first-order valence-corrected chi connectivity index (χ1v) is 6.56. The quantitative estimate of drug-likeness (QED) is 0.765. The lowest BCUT2D eigenvalue weighted by molar-refractivity contribution is 0.314. The van der Waals surface area contributed by atoms with Gasteiger partial charge in [0, 0.05) is 6.04 Å². The average Bonchev–Trinajstić information content (AvgIpc) is 2.73. The molecule has 5 nitrogen and oxygen atoms in total. The number of aromatic nitrogens is 1. The highest BCUT2D eigenvalue weighted by molar-refractivity contribution is 5.72. The molecule has 0 spiro atoms. The number of fused-ring (bicyclic) bond motifs is 1. The number of oxazole rings is 1. The summed E-state index contributed by atoms with van der Waals surface area (Å²) >= 11 is 0. The van der Waals surface area contributed by atoms with Gasteiger partial charge in [-0.3, -0.25) is 4.98 Å². The zero-order chi connectivity index (χ0) is 14.0. The summed E-state index contributed by atoms with van der Waals surface area (Å²) in [5, 5.41) is 3.18. The zero-order valence-electron chi connectivity index (χ0n) is 11.6. The van der Waals surface area contributed by atoms with E-state index in [0.29, 0.717) is 22.9 Å². The number of hydrogen-bond acceptors (Lipinski definition) is 4. The van der Waals surface area contributed by atoms with Crippen molar-refractivity contribution in [1.82, 2.24) is 10.3 Å². The molecule has 0 aliphatic rings. The Kier molecular flexibility index (Phi) is 4.07. The molecule has 2 atom stereocenters. The molecule has 2 aromatic rings. The van der Waals surface area contributed by atoms with Crippen LogP contribution < -0.4 is 16.8 Å². The second kappa shape index (κ2) is 5.59. The molecule has 1 aromatic carbocycles. The Balaban J connectivity index is 2.33. The van der Waals surface area contributed by atoms with E-state index in [-0.39, 0.29) is 6.04 Å². The van der Waals surface area contributed by atoms with Gasteiger partial charge in [-0.05, 0) is 43.1 Å². The molecular weight excluding hydrogens is 242 g/mol. The minimum atomic E-state index is -0.434. The van der Waals surface area contributed by atoms with Crippen molar-refractivity contribution < 1.29 is 4.42 Å². The Morgan fingerprint density at radius 1 is 1.42 bits per heavy atom. The Morgan fingerprint density at radius 2 is 2.16 bits per heavy atom. The molecule has 0 radical (unpaired) electrons. The Bertz CT molecular complexity index is 600. The third-order valence-electron chi connectivity index (χ3n) is 3.59. The maximum Gasteiger partial charge on any atom is 0.417 e. The minimum absolute atomic E-state index is 0.0861. The van der Waals surface area contributed by atoms with Crippen LogP contribution in [-0.4, -0.2) is 18.6 Å². The van der Waals surface area contributed by atoms with Crippen molar-refractivity contribution in [2.75, 3.05) is 13.6 Å². The number of benzene rings is 1. The Labute approximate surface area is 112 Å². The summed E-state index contributed by atoms with van der Waals surface area (Å²) in [4.78, 5) is 13.8. The van der Waals surface area contributed by atoms with E-state index < -0.39 is 5.76 Å². The molecule has 0 aliphatic carbocycles. The highest BCUT2D eigenvalue weighted by Gasteiger charge is 2.22. The lowest BCUT2D eigenvalue weighted by Crippen LogP contribution is -2.33. The van der Waals surface area contributed by atoms with Crippen LogP contribution in [0, 0.1) is 11.8 Å². The topological polar surface area (TPSA) is 84.0 Å². The predicted octanol–water partition coefficient (Wildman–Crippen LogP) is 1.61. The summed E-state index contributed by atoms with van der Waals surface area (Å²) in [5.41, 5.74) is 8.61. The van der Waals surface area contributed by atoms with Crippen LogP contribution in [-0.2, 0) is 0 Å². The van der Waals surface area contributed by atoms with Gasteiger partial charge in [-0.1, -0.05) is 19.9 Å². The van der Waals surface area contributed by atoms with Crippen molar-refractivity contribution >= 4 is 11.1 Å². The molecule has 4 N–H and O–H groups in total. The van der Waals surface area contributed by atoms with Crippen molar-refractivity contribution in [1.29, 1.82) is 0 Å². The minimum Gasteiger partial charge on any atom is -0.408 e. The molecule has 5 heteroatoms. The van der Waals surface area contributed by atoms with Gasteiger partial charge in [-0.25, -0.2) is 4.79 Å². The fourth-order valence-corrected chi connectivity index (χ4v) is 2.43. The number of aromatic amines is 1. The lowest BCUT2D eigenvalue weighted by Gasteiger charge is -2.27. The highest BCUT2D eigenvalue weighted by atomic mass is 16.4. The smallest absolute Gasteiger partial charge is 0.408 e. The normalized spacial score (nSPS) is 15.0. The van der Waals surface area contributed by atoms with E-state index in [2.05, 4.69) is 24.1 Å². The van der Waals surface area contributed by atoms with E-state index in [9.17, 15) is 4.79 Å². The van der Waals surface area contributed by atoms with E-state index in [0.717, 1.165) is 12.1 Å². The molecular formula is C14H21N3O2. The van der Waals surface area contributed by atoms with Gasteiger partial charge in [0.05, 0.1) is 5.52 Å². The van der Waals surface area contributed by atoms with E-state index >= 15 is 0 Å². The molecule has 1 heterocycles. The van der Waals surface area contributed by atoms with Gasteiger partial charge < -0.3 is 15.5 Å². The molecule has 1 aromatic heterocycles. The second-order valence-corrected chi connectivity index (χ2v) is 5.26. The van der Waals surface area contributed by atoms with Crippen molar-refractivity contribution in [3.8, 4) is 0 Å². The third-order valence-corrected chi connectivity index (χ3v) is 3.59. The summed E-state index contributed by atoms with van der Waals surface area (Å²) in [6, 6.07) is 5.55. The van der Waals surface area contributed by atoms with Gasteiger partial charge in [-0.15, -0.1) is 0 Å². The third kappa shape index (κ3) is 2.88. The van der Waals surface area contributed by atoms with Crippen molar-refractivity contribution in [3.63, 3.8) is 0 Å². The summed E-state index contributed by atoms with van der Waals surface area (Å²) < 4.78 is 5.08. The molecule has 19 heavy (non-hydrogen) atoms. The lowest BCUT2D eigenvalue weighted by atomic mass is 9.85. The predicted molar refractivity (Wildman–Crippen MR) is 76.0 cm³/mol. The molecule has 104 valence electrons. The van der Waals surface area contributed by atoms with Crippen LogP contribution in [0.15, 0.2) is 27.4 Å². The Morgan fingerprint density at radius 3 is 2.79 bits per heavy atom. The molecule has 2 unspecified atom stereocenters.